The van der Waals surface area contributed by atoms with Crippen LogP contribution in [0.5, 0.6) is 5.75 Å². The Bertz CT molecular complexity index is 457. The summed E-state index contributed by atoms with van der Waals surface area (Å²) in [6, 6.07) is 7.65. The number of aromatic nitrogens is 2. The summed E-state index contributed by atoms with van der Waals surface area (Å²) >= 11 is 3.41. The van der Waals surface area contributed by atoms with Crippen molar-refractivity contribution >= 4 is 15.9 Å². The van der Waals surface area contributed by atoms with Gasteiger partial charge in [0.25, 0.3) is 0 Å². The molecule has 0 bridgehead atoms. The van der Waals surface area contributed by atoms with Gasteiger partial charge in [-0.25, -0.2) is 4.68 Å². The van der Waals surface area contributed by atoms with Crippen LogP contribution in [0.4, 0.5) is 0 Å². The van der Waals surface area contributed by atoms with Crippen molar-refractivity contribution in [2.45, 2.75) is 0 Å². The molecule has 0 amide bonds. The molecule has 0 saturated heterocycles. The van der Waals surface area contributed by atoms with Crippen molar-refractivity contribution in [3.63, 3.8) is 0 Å². The molecule has 0 saturated carbocycles. The van der Waals surface area contributed by atoms with Gasteiger partial charge in [0.1, 0.15) is 5.75 Å². The molecule has 0 radical (unpaired) electrons. The van der Waals surface area contributed by atoms with Gasteiger partial charge in [0.05, 0.1) is 10.2 Å². The Labute approximate surface area is 102 Å². The standard InChI is InChI=1S/C11H11BrN2O2/c1-15-8-16-11-7-9(3-4-10(11)12)14-6-2-5-13-14/h2-7H,8H2,1H3. The van der Waals surface area contributed by atoms with E-state index in [1.807, 2.05) is 30.5 Å². The Morgan fingerprint density at radius 3 is 3.00 bits per heavy atom. The van der Waals surface area contributed by atoms with E-state index in [1.165, 1.54) is 0 Å². The van der Waals surface area contributed by atoms with Gasteiger partial charge in [-0.3, -0.25) is 0 Å². The van der Waals surface area contributed by atoms with Crippen LogP contribution < -0.4 is 4.74 Å². The summed E-state index contributed by atoms with van der Waals surface area (Å²) in [5.41, 5.74) is 0.944. The van der Waals surface area contributed by atoms with E-state index in [-0.39, 0.29) is 6.79 Å². The minimum absolute atomic E-state index is 0.223. The predicted octanol–water partition coefficient (Wildman–Crippen LogP) is 2.62. The van der Waals surface area contributed by atoms with E-state index >= 15 is 0 Å². The van der Waals surface area contributed by atoms with E-state index in [2.05, 4.69) is 21.0 Å². The molecule has 0 atom stereocenters. The van der Waals surface area contributed by atoms with Crippen LogP contribution in [0.15, 0.2) is 41.1 Å². The van der Waals surface area contributed by atoms with Crippen LogP contribution in [-0.2, 0) is 4.74 Å². The van der Waals surface area contributed by atoms with Crippen LogP contribution in [-0.4, -0.2) is 23.7 Å². The fourth-order valence-corrected chi connectivity index (χ4v) is 1.65. The molecule has 0 unspecified atom stereocenters. The summed E-state index contributed by atoms with van der Waals surface area (Å²) in [5.74, 6) is 0.731. The first-order chi connectivity index (χ1) is 7.81. The van der Waals surface area contributed by atoms with Crippen molar-refractivity contribution in [3.05, 3.63) is 41.1 Å². The molecule has 0 N–H and O–H groups in total. The van der Waals surface area contributed by atoms with Crippen molar-refractivity contribution < 1.29 is 9.47 Å². The number of rotatable bonds is 4. The van der Waals surface area contributed by atoms with Crippen molar-refractivity contribution in [3.8, 4) is 11.4 Å². The Hall–Kier alpha value is -1.33. The maximum atomic E-state index is 5.41. The van der Waals surface area contributed by atoms with Crippen LogP contribution in [0.1, 0.15) is 0 Å². The van der Waals surface area contributed by atoms with Gasteiger partial charge in [-0.2, -0.15) is 5.10 Å². The molecule has 0 aliphatic rings. The molecule has 1 heterocycles. The fraction of sp³-hybridized carbons (Fsp3) is 0.182. The molecule has 2 rings (SSSR count). The van der Waals surface area contributed by atoms with E-state index < -0.39 is 0 Å². The Balaban J connectivity index is 2.28. The highest BCUT2D eigenvalue weighted by atomic mass is 79.9. The number of ether oxygens (including phenoxy) is 2. The van der Waals surface area contributed by atoms with Crippen molar-refractivity contribution in [2.75, 3.05) is 13.9 Å². The van der Waals surface area contributed by atoms with Gasteiger partial charge in [0.2, 0.25) is 0 Å². The van der Waals surface area contributed by atoms with E-state index in [0.29, 0.717) is 0 Å². The summed E-state index contributed by atoms with van der Waals surface area (Å²) < 4.78 is 12.9. The van der Waals surface area contributed by atoms with E-state index in [0.717, 1.165) is 15.9 Å². The van der Waals surface area contributed by atoms with Crippen LogP contribution in [0.25, 0.3) is 5.69 Å². The number of hydrogen-bond acceptors (Lipinski definition) is 3. The molecular formula is C11H11BrN2O2. The van der Waals surface area contributed by atoms with Crippen molar-refractivity contribution in [1.82, 2.24) is 9.78 Å². The van der Waals surface area contributed by atoms with Gasteiger partial charge in [-0.15, -0.1) is 0 Å². The smallest absolute Gasteiger partial charge is 0.188 e. The third kappa shape index (κ3) is 2.43. The lowest BCUT2D eigenvalue weighted by Crippen LogP contribution is -2.01. The lowest BCUT2D eigenvalue weighted by Gasteiger charge is -2.09. The van der Waals surface area contributed by atoms with E-state index in [9.17, 15) is 0 Å². The largest absolute Gasteiger partial charge is 0.466 e. The highest BCUT2D eigenvalue weighted by molar-refractivity contribution is 9.10. The van der Waals surface area contributed by atoms with Crippen molar-refractivity contribution in [2.24, 2.45) is 0 Å². The molecule has 0 aliphatic heterocycles. The van der Waals surface area contributed by atoms with E-state index in [4.69, 9.17) is 9.47 Å². The van der Waals surface area contributed by atoms with Crippen LogP contribution >= 0.6 is 15.9 Å². The lowest BCUT2D eigenvalue weighted by molar-refractivity contribution is 0.0506. The maximum absolute atomic E-state index is 5.41. The summed E-state index contributed by atoms with van der Waals surface area (Å²) in [6.07, 6.45) is 3.61. The van der Waals surface area contributed by atoms with Crippen molar-refractivity contribution in [1.29, 1.82) is 0 Å². The molecule has 1 aromatic carbocycles. The zero-order valence-corrected chi connectivity index (χ0v) is 10.3. The van der Waals surface area contributed by atoms with Crippen LogP contribution in [0.2, 0.25) is 0 Å². The highest BCUT2D eigenvalue weighted by Crippen LogP contribution is 2.27. The minimum atomic E-state index is 0.223. The predicted molar refractivity (Wildman–Crippen MR) is 63.8 cm³/mol. The molecule has 84 valence electrons. The molecule has 16 heavy (non-hydrogen) atoms. The highest BCUT2D eigenvalue weighted by Gasteiger charge is 2.04. The SMILES string of the molecule is COCOc1cc(-n2cccn2)ccc1Br. The van der Waals surface area contributed by atoms with Gasteiger partial charge in [-0.05, 0) is 34.1 Å². The zero-order chi connectivity index (χ0) is 11.4. The Kier molecular flexibility index (Phi) is 3.58. The van der Waals surface area contributed by atoms with Gasteiger partial charge >= 0.3 is 0 Å². The number of halogens is 1. The van der Waals surface area contributed by atoms with Crippen LogP contribution in [0, 0.1) is 0 Å². The summed E-state index contributed by atoms with van der Waals surface area (Å²) in [6.45, 7) is 0.223. The topological polar surface area (TPSA) is 36.3 Å². The second-order valence-electron chi connectivity index (χ2n) is 3.12. The monoisotopic (exact) mass is 282 g/mol. The molecule has 4 nitrogen and oxygen atoms in total. The quantitative estimate of drug-likeness (QED) is 0.809. The molecule has 1 aromatic heterocycles. The lowest BCUT2D eigenvalue weighted by atomic mass is 10.3. The summed E-state index contributed by atoms with van der Waals surface area (Å²) in [5, 5.41) is 4.15. The number of benzene rings is 1. The first kappa shape index (κ1) is 11.2. The van der Waals surface area contributed by atoms with Gasteiger partial charge in [-0.1, -0.05) is 0 Å². The Morgan fingerprint density at radius 1 is 1.44 bits per heavy atom. The first-order valence-corrected chi connectivity index (χ1v) is 5.52. The molecule has 2 aromatic rings. The molecular weight excluding hydrogens is 272 g/mol. The molecule has 0 fully saturated rings. The van der Waals surface area contributed by atoms with Gasteiger partial charge in [0, 0.05) is 25.6 Å². The number of nitrogens with zero attached hydrogens (tertiary/aromatic N) is 2. The average Bonchev–Trinajstić information content (AvgIpc) is 2.81. The fourth-order valence-electron chi connectivity index (χ4n) is 1.29. The van der Waals surface area contributed by atoms with Crippen LogP contribution in [0.3, 0.4) is 0 Å². The summed E-state index contributed by atoms with van der Waals surface area (Å²) in [7, 11) is 1.59. The maximum Gasteiger partial charge on any atom is 0.188 e. The second-order valence-corrected chi connectivity index (χ2v) is 3.97. The number of methoxy groups -OCH3 is 1. The average molecular weight is 283 g/mol. The van der Waals surface area contributed by atoms with Gasteiger partial charge in [0.15, 0.2) is 6.79 Å². The molecule has 0 spiro atoms. The normalized spacial score (nSPS) is 10.4. The summed E-state index contributed by atoms with van der Waals surface area (Å²) in [4.78, 5) is 0. The zero-order valence-electron chi connectivity index (χ0n) is 8.76. The number of hydrogen-bond donors (Lipinski definition) is 0. The first-order valence-electron chi connectivity index (χ1n) is 4.72. The third-order valence-corrected chi connectivity index (χ3v) is 2.67. The minimum Gasteiger partial charge on any atom is -0.466 e. The third-order valence-electron chi connectivity index (χ3n) is 2.02. The van der Waals surface area contributed by atoms with Gasteiger partial charge < -0.3 is 9.47 Å². The molecule has 0 aliphatic carbocycles. The Morgan fingerprint density at radius 2 is 2.31 bits per heavy atom. The van der Waals surface area contributed by atoms with E-state index in [1.54, 1.807) is 18.0 Å². The molecule has 5 heteroatoms. The second kappa shape index (κ2) is 5.14.